The summed E-state index contributed by atoms with van der Waals surface area (Å²) in [5, 5.41) is 8.94. The summed E-state index contributed by atoms with van der Waals surface area (Å²) in [6.07, 6.45) is 0. The Morgan fingerprint density at radius 3 is 2.84 bits per heavy atom. The molecule has 1 unspecified atom stereocenters. The molecule has 0 bridgehead atoms. The van der Waals surface area contributed by atoms with Gasteiger partial charge in [0.15, 0.2) is 0 Å². The van der Waals surface area contributed by atoms with Crippen LogP contribution in [0.15, 0.2) is 29.6 Å². The van der Waals surface area contributed by atoms with Gasteiger partial charge in [-0.15, -0.1) is 5.10 Å². The lowest BCUT2D eigenvalue weighted by Gasteiger charge is -2.17. The summed E-state index contributed by atoms with van der Waals surface area (Å²) in [4.78, 5) is 0. The van der Waals surface area contributed by atoms with Gasteiger partial charge in [0, 0.05) is 23.5 Å². The largest absolute Gasteiger partial charge is 0.434 e. The second-order valence-corrected chi connectivity index (χ2v) is 4.52. The fourth-order valence-electron chi connectivity index (χ4n) is 1.67. The van der Waals surface area contributed by atoms with E-state index in [-0.39, 0.29) is 11.8 Å². The van der Waals surface area contributed by atoms with Crippen molar-refractivity contribution in [3.05, 3.63) is 40.9 Å². The first kappa shape index (κ1) is 13.8. The summed E-state index contributed by atoms with van der Waals surface area (Å²) in [6.45, 7) is -0.412. The fourth-order valence-corrected chi connectivity index (χ4v) is 2.12. The van der Waals surface area contributed by atoms with Crippen LogP contribution in [0, 0.1) is 0 Å². The lowest BCUT2D eigenvalue weighted by molar-refractivity contribution is -0.0506. The lowest BCUT2D eigenvalue weighted by Crippen LogP contribution is -2.19. The average Bonchev–Trinajstić information content (AvgIpc) is 2.89. The van der Waals surface area contributed by atoms with Crippen LogP contribution in [0.25, 0.3) is 0 Å². The van der Waals surface area contributed by atoms with Gasteiger partial charge in [0.1, 0.15) is 5.75 Å². The lowest BCUT2D eigenvalue weighted by atomic mass is 10.1. The standard InChI is InChI=1S/C12H13F2N3OS/c1-8(15-6-9-7-19-17-16-9)10-4-2-3-5-11(10)18-12(13)14/h2-5,7-8,12,15H,6H2,1H3. The Morgan fingerprint density at radius 2 is 2.16 bits per heavy atom. The number of ether oxygens (including phenoxy) is 1. The minimum absolute atomic E-state index is 0.128. The van der Waals surface area contributed by atoms with E-state index >= 15 is 0 Å². The Morgan fingerprint density at radius 1 is 1.37 bits per heavy atom. The van der Waals surface area contributed by atoms with Gasteiger partial charge in [-0.05, 0) is 24.5 Å². The van der Waals surface area contributed by atoms with Gasteiger partial charge >= 0.3 is 6.61 Å². The maximum atomic E-state index is 12.3. The van der Waals surface area contributed by atoms with E-state index in [2.05, 4.69) is 19.6 Å². The van der Waals surface area contributed by atoms with Crippen LogP contribution in [0.2, 0.25) is 0 Å². The van der Waals surface area contributed by atoms with E-state index in [4.69, 9.17) is 0 Å². The molecule has 1 heterocycles. The van der Waals surface area contributed by atoms with Gasteiger partial charge in [-0.2, -0.15) is 8.78 Å². The molecule has 0 saturated heterocycles. The van der Waals surface area contributed by atoms with E-state index < -0.39 is 6.61 Å². The number of para-hydroxylation sites is 1. The first-order valence-corrected chi connectivity index (χ1v) is 6.53. The van der Waals surface area contributed by atoms with E-state index in [1.807, 2.05) is 12.3 Å². The SMILES string of the molecule is CC(NCc1csnn1)c1ccccc1OC(F)F. The summed E-state index contributed by atoms with van der Waals surface area (Å²) in [5.74, 6) is 0.189. The number of hydrogen-bond acceptors (Lipinski definition) is 5. The van der Waals surface area contributed by atoms with Crippen molar-refractivity contribution in [2.75, 3.05) is 0 Å². The molecule has 7 heteroatoms. The van der Waals surface area contributed by atoms with Crippen molar-refractivity contribution in [1.29, 1.82) is 0 Å². The minimum Gasteiger partial charge on any atom is -0.434 e. The Bertz CT molecular complexity index is 507. The van der Waals surface area contributed by atoms with Gasteiger partial charge in [0.2, 0.25) is 0 Å². The molecule has 0 radical (unpaired) electrons. The predicted molar refractivity (Wildman–Crippen MR) is 68.2 cm³/mol. The smallest absolute Gasteiger partial charge is 0.387 e. The van der Waals surface area contributed by atoms with Gasteiger partial charge in [0.05, 0.1) is 5.69 Å². The van der Waals surface area contributed by atoms with E-state index in [1.165, 1.54) is 17.6 Å². The molecule has 102 valence electrons. The van der Waals surface area contributed by atoms with Crippen LogP contribution in [-0.4, -0.2) is 16.2 Å². The summed E-state index contributed by atoms with van der Waals surface area (Å²) >= 11 is 1.27. The van der Waals surface area contributed by atoms with Crippen molar-refractivity contribution >= 4 is 11.5 Å². The van der Waals surface area contributed by atoms with Crippen molar-refractivity contribution in [3.8, 4) is 5.75 Å². The van der Waals surface area contributed by atoms with Crippen molar-refractivity contribution in [1.82, 2.24) is 14.9 Å². The van der Waals surface area contributed by atoms with E-state index in [9.17, 15) is 8.78 Å². The molecule has 2 rings (SSSR count). The van der Waals surface area contributed by atoms with Gasteiger partial charge in [-0.1, -0.05) is 22.7 Å². The summed E-state index contributed by atoms with van der Waals surface area (Å²) in [7, 11) is 0. The third-order valence-corrected chi connectivity index (χ3v) is 3.15. The summed E-state index contributed by atoms with van der Waals surface area (Å²) in [5.41, 5.74) is 1.51. The van der Waals surface area contributed by atoms with Gasteiger partial charge in [-0.3, -0.25) is 0 Å². The number of alkyl halides is 2. The zero-order valence-corrected chi connectivity index (χ0v) is 11.0. The van der Waals surface area contributed by atoms with E-state index in [1.54, 1.807) is 18.2 Å². The number of hydrogen-bond donors (Lipinski definition) is 1. The van der Waals surface area contributed by atoms with Crippen LogP contribution in [0.3, 0.4) is 0 Å². The molecule has 2 aromatic rings. The molecule has 1 atom stereocenters. The molecule has 1 N–H and O–H groups in total. The Labute approximate surface area is 113 Å². The monoisotopic (exact) mass is 285 g/mol. The number of benzene rings is 1. The van der Waals surface area contributed by atoms with Crippen LogP contribution in [0.4, 0.5) is 8.78 Å². The van der Waals surface area contributed by atoms with Crippen molar-refractivity contribution in [3.63, 3.8) is 0 Å². The maximum Gasteiger partial charge on any atom is 0.387 e. The third kappa shape index (κ3) is 3.93. The average molecular weight is 285 g/mol. The van der Waals surface area contributed by atoms with Crippen molar-refractivity contribution < 1.29 is 13.5 Å². The molecule has 0 saturated carbocycles. The van der Waals surface area contributed by atoms with E-state index in [0.29, 0.717) is 12.1 Å². The Kier molecular flexibility index (Phi) is 4.75. The third-order valence-electron chi connectivity index (χ3n) is 2.60. The molecule has 0 aliphatic carbocycles. The Hall–Kier alpha value is -1.60. The van der Waals surface area contributed by atoms with Crippen molar-refractivity contribution in [2.24, 2.45) is 0 Å². The highest BCUT2D eigenvalue weighted by Gasteiger charge is 2.14. The normalized spacial score (nSPS) is 12.6. The molecule has 0 fully saturated rings. The first-order chi connectivity index (χ1) is 9.16. The fraction of sp³-hybridized carbons (Fsp3) is 0.333. The van der Waals surface area contributed by atoms with Crippen LogP contribution < -0.4 is 10.1 Å². The zero-order chi connectivity index (χ0) is 13.7. The molecule has 1 aromatic heterocycles. The topological polar surface area (TPSA) is 47.0 Å². The molecular weight excluding hydrogens is 272 g/mol. The molecular formula is C12H13F2N3OS. The quantitative estimate of drug-likeness (QED) is 0.886. The molecule has 1 aromatic carbocycles. The molecule has 0 aliphatic rings. The second-order valence-electron chi connectivity index (χ2n) is 3.92. The molecule has 4 nitrogen and oxygen atoms in total. The van der Waals surface area contributed by atoms with Crippen LogP contribution >= 0.6 is 11.5 Å². The highest BCUT2D eigenvalue weighted by Crippen LogP contribution is 2.26. The number of rotatable bonds is 6. The van der Waals surface area contributed by atoms with Crippen LogP contribution in [-0.2, 0) is 6.54 Å². The van der Waals surface area contributed by atoms with Gasteiger partial charge < -0.3 is 10.1 Å². The van der Waals surface area contributed by atoms with Gasteiger partial charge in [0.25, 0.3) is 0 Å². The van der Waals surface area contributed by atoms with Crippen molar-refractivity contribution in [2.45, 2.75) is 26.1 Å². The molecule has 0 aliphatic heterocycles. The highest BCUT2D eigenvalue weighted by molar-refractivity contribution is 7.03. The number of nitrogens with one attached hydrogen (secondary N) is 1. The second kappa shape index (κ2) is 6.53. The minimum atomic E-state index is -2.82. The molecule has 19 heavy (non-hydrogen) atoms. The van der Waals surface area contributed by atoms with E-state index in [0.717, 1.165) is 5.69 Å². The van der Waals surface area contributed by atoms with Gasteiger partial charge in [-0.25, -0.2) is 0 Å². The predicted octanol–water partition coefficient (Wildman–Crippen LogP) is 2.99. The highest BCUT2D eigenvalue weighted by atomic mass is 32.1. The zero-order valence-electron chi connectivity index (χ0n) is 10.2. The Balaban J connectivity index is 2.03. The number of nitrogens with zero attached hydrogens (tertiary/aromatic N) is 2. The summed E-state index contributed by atoms with van der Waals surface area (Å²) in [6, 6.07) is 6.62. The number of aromatic nitrogens is 2. The maximum absolute atomic E-state index is 12.3. The van der Waals surface area contributed by atoms with Crippen LogP contribution in [0.5, 0.6) is 5.75 Å². The van der Waals surface area contributed by atoms with Crippen LogP contribution in [0.1, 0.15) is 24.2 Å². The molecule has 0 amide bonds. The first-order valence-electron chi connectivity index (χ1n) is 5.70. The number of halogens is 2. The molecule has 0 spiro atoms. The summed E-state index contributed by atoms with van der Waals surface area (Å²) < 4.78 is 32.9.